The van der Waals surface area contributed by atoms with E-state index in [0.717, 1.165) is 16.4 Å². The highest BCUT2D eigenvalue weighted by atomic mass is 31.2. The number of nitrogens with two attached hydrogens (primary N) is 1. The first-order valence-electron chi connectivity index (χ1n) is 13.2. The van der Waals surface area contributed by atoms with E-state index in [2.05, 4.69) is 10.1 Å². The summed E-state index contributed by atoms with van der Waals surface area (Å²) in [6.45, 7) is 4.35. The molecule has 13 nitrogen and oxygen atoms in total. The highest BCUT2D eigenvalue weighted by Crippen LogP contribution is 2.48. The Hall–Kier alpha value is -3.32. The van der Waals surface area contributed by atoms with Gasteiger partial charge in [-0.2, -0.15) is 10.1 Å². The third kappa shape index (κ3) is 6.95. The lowest BCUT2D eigenvalue weighted by molar-refractivity contribution is -0.145. The van der Waals surface area contributed by atoms with Crippen LogP contribution in [0.2, 0.25) is 0 Å². The van der Waals surface area contributed by atoms with E-state index in [0.29, 0.717) is 11.8 Å². The zero-order valence-corrected chi connectivity index (χ0v) is 23.9. The van der Waals surface area contributed by atoms with Crippen LogP contribution in [0.1, 0.15) is 39.8 Å². The van der Waals surface area contributed by atoms with E-state index in [1.807, 2.05) is 25.1 Å². The van der Waals surface area contributed by atoms with Crippen LogP contribution in [0.4, 0.5) is 5.82 Å². The Balaban J connectivity index is 1.57. The van der Waals surface area contributed by atoms with E-state index in [1.54, 1.807) is 24.3 Å². The van der Waals surface area contributed by atoms with Gasteiger partial charge in [-0.15, -0.1) is 0 Å². The molecule has 1 aromatic heterocycles. The molecule has 4 rings (SSSR count). The Morgan fingerprint density at radius 1 is 1.27 bits per heavy atom. The molecule has 41 heavy (non-hydrogen) atoms. The number of aromatic nitrogens is 2. The number of ether oxygens (including phenoxy) is 2. The third-order valence-electron chi connectivity index (χ3n) is 6.68. The molecule has 1 fully saturated rings. The number of nitrogen functional groups attached to an aromatic ring is 1. The van der Waals surface area contributed by atoms with Crippen LogP contribution in [0, 0.1) is 0 Å². The Labute approximate surface area is 236 Å². The molecule has 0 saturated carbocycles. The number of benzene rings is 2. The van der Waals surface area contributed by atoms with E-state index >= 15 is 0 Å². The van der Waals surface area contributed by atoms with Crippen molar-refractivity contribution in [1.82, 2.24) is 14.6 Å². The van der Waals surface area contributed by atoms with Crippen LogP contribution in [-0.2, 0) is 23.4 Å². The van der Waals surface area contributed by atoms with Gasteiger partial charge in [0.15, 0.2) is 6.23 Å². The summed E-state index contributed by atoms with van der Waals surface area (Å²) in [6, 6.07) is 12.7. The summed E-state index contributed by atoms with van der Waals surface area (Å²) in [5, 5.41) is 26.0. The van der Waals surface area contributed by atoms with Crippen molar-refractivity contribution in [2.75, 3.05) is 18.9 Å². The maximum absolute atomic E-state index is 14.1. The number of anilines is 1. The van der Waals surface area contributed by atoms with Gasteiger partial charge in [0, 0.05) is 11.6 Å². The number of carbonyl (C=O) groups excluding carboxylic acids is 1. The van der Waals surface area contributed by atoms with Gasteiger partial charge in [0.05, 0.1) is 13.2 Å². The Morgan fingerprint density at radius 2 is 2.00 bits per heavy atom. The van der Waals surface area contributed by atoms with Crippen molar-refractivity contribution in [2.24, 2.45) is 0 Å². The summed E-state index contributed by atoms with van der Waals surface area (Å²) in [5.74, 6) is -0.453. The minimum atomic E-state index is -4.34. The molecule has 0 aliphatic carbocycles. The monoisotopic (exact) mass is 590 g/mol. The van der Waals surface area contributed by atoms with Gasteiger partial charge in [-0.1, -0.05) is 49.7 Å². The van der Waals surface area contributed by atoms with Crippen LogP contribution in [0.25, 0.3) is 10.8 Å². The molecule has 6 atom stereocenters. The van der Waals surface area contributed by atoms with E-state index in [1.165, 1.54) is 26.1 Å². The van der Waals surface area contributed by atoms with Crippen LogP contribution in [0.5, 0.6) is 5.75 Å². The average molecular weight is 591 g/mol. The van der Waals surface area contributed by atoms with Crippen molar-refractivity contribution in [3.8, 4) is 5.75 Å². The Bertz CT molecular complexity index is 1480. The number of carbonyl (C=O) groups is 1. The average Bonchev–Trinajstić information content (AvgIpc) is 3.15. The predicted molar refractivity (Wildman–Crippen MR) is 150 cm³/mol. The molecule has 0 amide bonds. The maximum atomic E-state index is 14.1. The molecule has 1 aliphatic rings. The van der Waals surface area contributed by atoms with E-state index in [9.17, 15) is 24.4 Å². The molecular formula is C27H35N4O9P. The quantitative estimate of drug-likeness (QED) is 0.137. The second kappa shape index (κ2) is 12.7. The molecule has 0 radical (unpaired) electrons. The molecule has 14 heteroatoms. The van der Waals surface area contributed by atoms with Crippen LogP contribution in [-0.4, -0.2) is 62.8 Å². The summed E-state index contributed by atoms with van der Waals surface area (Å²) in [5.41, 5.74) is 2.80. The smallest absolute Gasteiger partial charge is 0.459 e. The standard InChI is InChI=1S/C27H35N4O9P/c1-4-5-15-37-24(33)17(2)30-41(36,40-20-12-8-10-18-9-6-7-11-19(18)20)38-16-21-23(32)27(3,35)25(39-21)31-14-13-22(28)29-26(31)34/h6-14,17,21,23,25,32,35H,4-5,15-16H2,1-3H3,(H,30,36)(H2,28,29,34)/t17-,21+,23+,25+,27+,41?/m0/s1. The van der Waals surface area contributed by atoms with Crippen molar-refractivity contribution in [2.45, 2.75) is 63.7 Å². The summed E-state index contributed by atoms with van der Waals surface area (Å²) >= 11 is 0. The summed E-state index contributed by atoms with van der Waals surface area (Å²) in [4.78, 5) is 28.6. The number of aliphatic hydroxyl groups excluding tert-OH is 1. The number of nitrogens with zero attached hydrogens (tertiary/aromatic N) is 2. The van der Waals surface area contributed by atoms with Crippen molar-refractivity contribution in [3.05, 3.63) is 65.2 Å². The SMILES string of the molecule is CCCCOC(=O)[C@H](C)NP(=O)(OC[C@H]1O[C@@H](n2ccc(N)nc2=O)[C@](C)(O)[C@@H]1O)Oc1cccc2ccccc12. The van der Waals surface area contributed by atoms with E-state index in [-0.39, 0.29) is 18.2 Å². The molecule has 1 aliphatic heterocycles. The lowest BCUT2D eigenvalue weighted by atomic mass is 9.96. The number of hydrogen-bond donors (Lipinski definition) is 4. The van der Waals surface area contributed by atoms with Gasteiger partial charge in [-0.05, 0) is 37.8 Å². The summed E-state index contributed by atoms with van der Waals surface area (Å²) in [7, 11) is -4.34. The van der Waals surface area contributed by atoms with Crippen molar-refractivity contribution < 1.29 is 38.1 Å². The minimum absolute atomic E-state index is 0.0238. The van der Waals surface area contributed by atoms with E-state index in [4.69, 9.17) is 24.3 Å². The zero-order chi connectivity index (χ0) is 29.8. The van der Waals surface area contributed by atoms with E-state index < -0.39 is 56.1 Å². The Morgan fingerprint density at radius 3 is 2.73 bits per heavy atom. The van der Waals surface area contributed by atoms with Gasteiger partial charge in [0.1, 0.15) is 35.4 Å². The van der Waals surface area contributed by atoms with Gasteiger partial charge in [0.2, 0.25) is 0 Å². The molecule has 1 saturated heterocycles. The molecular weight excluding hydrogens is 555 g/mol. The number of nitrogens with one attached hydrogen (secondary N) is 1. The van der Waals surface area contributed by atoms with Crippen LogP contribution in [0.15, 0.2) is 59.5 Å². The van der Waals surface area contributed by atoms with Crippen LogP contribution < -0.4 is 21.0 Å². The Kier molecular flexibility index (Phi) is 9.48. The zero-order valence-electron chi connectivity index (χ0n) is 23.0. The molecule has 0 bridgehead atoms. The normalized spacial score (nSPS) is 24.6. The fraction of sp³-hybridized carbons (Fsp3) is 0.444. The maximum Gasteiger partial charge on any atom is 0.459 e. The van der Waals surface area contributed by atoms with Crippen molar-refractivity contribution in [3.63, 3.8) is 0 Å². The van der Waals surface area contributed by atoms with Crippen molar-refractivity contribution >= 4 is 30.3 Å². The first-order chi connectivity index (χ1) is 19.4. The highest BCUT2D eigenvalue weighted by molar-refractivity contribution is 7.52. The fourth-order valence-electron chi connectivity index (χ4n) is 4.38. The molecule has 2 heterocycles. The van der Waals surface area contributed by atoms with Gasteiger partial charge in [-0.25, -0.2) is 9.36 Å². The number of esters is 1. The predicted octanol–water partition coefficient (Wildman–Crippen LogP) is 2.51. The second-order valence-corrected chi connectivity index (χ2v) is 11.7. The summed E-state index contributed by atoms with van der Waals surface area (Å²) in [6.07, 6.45) is -1.40. The van der Waals surface area contributed by atoms with Crippen LogP contribution >= 0.6 is 7.75 Å². The first kappa shape index (κ1) is 30.6. The largest absolute Gasteiger partial charge is 0.465 e. The molecule has 5 N–H and O–H groups in total. The number of hydrogen-bond acceptors (Lipinski definition) is 11. The lowest BCUT2D eigenvalue weighted by Crippen LogP contribution is -2.46. The minimum Gasteiger partial charge on any atom is -0.465 e. The third-order valence-corrected chi connectivity index (χ3v) is 8.31. The van der Waals surface area contributed by atoms with Gasteiger partial charge in [-0.3, -0.25) is 13.9 Å². The summed E-state index contributed by atoms with van der Waals surface area (Å²) < 4.78 is 37.7. The molecule has 3 aromatic rings. The molecule has 2 aromatic carbocycles. The second-order valence-electron chi connectivity index (χ2n) is 9.97. The number of fused-ring (bicyclic) bond motifs is 1. The fourth-order valence-corrected chi connectivity index (χ4v) is 5.90. The van der Waals surface area contributed by atoms with Gasteiger partial charge < -0.3 is 29.9 Å². The molecule has 0 spiro atoms. The number of unbranched alkanes of at least 4 members (excludes halogenated alkanes) is 1. The molecule has 1 unspecified atom stereocenters. The highest BCUT2D eigenvalue weighted by Gasteiger charge is 2.54. The van der Waals surface area contributed by atoms with Gasteiger partial charge in [0.25, 0.3) is 0 Å². The number of aliphatic hydroxyl groups is 2. The van der Waals surface area contributed by atoms with Crippen molar-refractivity contribution in [1.29, 1.82) is 0 Å². The number of rotatable bonds is 12. The molecule has 222 valence electrons. The van der Waals surface area contributed by atoms with Gasteiger partial charge >= 0.3 is 19.4 Å². The first-order valence-corrected chi connectivity index (χ1v) is 14.8. The topological polar surface area (TPSA) is 184 Å². The lowest BCUT2D eigenvalue weighted by Gasteiger charge is -2.27. The van der Waals surface area contributed by atoms with Crippen LogP contribution in [0.3, 0.4) is 0 Å².